The highest BCUT2D eigenvalue weighted by atomic mass is 16.6. The normalized spacial score (nSPS) is 34.0. The fourth-order valence-corrected chi connectivity index (χ4v) is 3.65. The van der Waals surface area contributed by atoms with Crippen LogP contribution in [0.5, 0.6) is 0 Å². The molecule has 3 aliphatic rings. The van der Waals surface area contributed by atoms with Gasteiger partial charge in [-0.3, -0.25) is 9.59 Å². The molecular formula is C14H19NO5. The smallest absolute Gasteiger partial charge is 0.329 e. The molecule has 0 aromatic heterocycles. The van der Waals surface area contributed by atoms with Crippen molar-refractivity contribution in [3.8, 4) is 0 Å². The summed E-state index contributed by atoms with van der Waals surface area (Å²) in [5.41, 5.74) is 0. The van der Waals surface area contributed by atoms with Crippen LogP contribution >= 0.6 is 0 Å². The first kappa shape index (κ1) is 13.4. The molecule has 3 fully saturated rings. The molecular weight excluding hydrogens is 262 g/mol. The molecule has 6 heteroatoms. The van der Waals surface area contributed by atoms with Gasteiger partial charge >= 0.3 is 11.9 Å². The van der Waals surface area contributed by atoms with E-state index in [0.29, 0.717) is 0 Å². The summed E-state index contributed by atoms with van der Waals surface area (Å²) < 4.78 is 10.2. The number of likely N-dealkylation sites (tertiary alicyclic amines) is 1. The van der Waals surface area contributed by atoms with Crippen LogP contribution in [-0.4, -0.2) is 47.5 Å². The number of carbonyl (C=O) groups excluding carboxylic acids is 3. The first-order chi connectivity index (χ1) is 9.59. The lowest BCUT2D eigenvalue weighted by Gasteiger charge is -2.33. The largest absolute Gasteiger partial charge is 0.464 e. The number of ether oxygens (including phenoxy) is 2. The van der Waals surface area contributed by atoms with Gasteiger partial charge in [0.2, 0.25) is 0 Å². The zero-order valence-corrected chi connectivity index (χ0v) is 11.5. The summed E-state index contributed by atoms with van der Waals surface area (Å²) >= 11 is 0. The molecule has 3 rings (SSSR count). The van der Waals surface area contributed by atoms with Gasteiger partial charge in [-0.15, -0.1) is 0 Å². The minimum atomic E-state index is -0.856. The molecule has 2 saturated heterocycles. The highest BCUT2D eigenvalue weighted by Crippen LogP contribution is 2.38. The van der Waals surface area contributed by atoms with Crippen LogP contribution < -0.4 is 0 Å². The summed E-state index contributed by atoms with van der Waals surface area (Å²) in [6, 6.07) is -0.482. The van der Waals surface area contributed by atoms with Crippen molar-refractivity contribution in [1.82, 2.24) is 4.90 Å². The zero-order chi connectivity index (χ0) is 14.3. The quantitative estimate of drug-likeness (QED) is 0.694. The number of hydrogen-bond acceptors (Lipinski definition) is 5. The van der Waals surface area contributed by atoms with E-state index >= 15 is 0 Å². The SMILES string of the molecule is CC(=O)OC1C(=O)N(C2CCCCC2)C2C(=O)OCC12. The fourth-order valence-electron chi connectivity index (χ4n) is 3.65. The van der Waals surface area contributed by atoms with Crippen molar-refractivity contribution in [3.05, 3.63) is 0 Å². The van der Waals surface area contributed by atoms with E-state index in [1.807, 2.05) is 0 Å². The standard InChI is InChI=1S/C14H19NO5/c1-8(16)20-12-10-7-19-14(18)11(10)15(13(12)17)9-5-3-2-4-6-9/h9-12H,2-7H2,1H3. The van der Waals surface area contributed by atoms with Crippen molar-refractivity contribution in [3.63, 3.8) is 0 Å². The number of cyclic esters (lactones) is 1. The minimum Gasteiger partial charge on any atom is -0.464 e. The molecule has 1 aliphatic carbocycles. The molecule has 0 aromatic carbocycles. The van der Waals surface area contributed by atoms with Crippen LogP contribution in [0.15, 0.2) is 0 Å². The number of amides is 1. The predicted octanol–water partition coefficient (Wildman–Crippen LogP) is 0.635. The van der Waals surface area contributed by atoms with Crippen molar-refractivity contribution in [1.29, 1.82) is 0 Å². The maximum Gasteiger partial charge on any atom is 0.329 e. The highest BCUT2D eigenvalue weighted by molar-refractivity contribution is 5.94. The zero-order valence-electron chi connectivity index (χ0n) is 11.5. The van der Waals surface area contributed by atoms with Crippen LogP contribution in [0.2, 0.25) is 0 Å². The van der Waals surface area contributed by atoms with Gasteiger partial charge in [0.05, 0.1) is 5.92 Å². The Morgan fingerprint density at radius 1 is 1.25 bits per heavy atom. The maximum absolute atomic E-state index is 12.5. The number of esters is 2. The molecule has 0 N–H and O–H groups in total. The Hall–Kier alpha value is -1.59. The second-order valence-electron chi connectivity index (χ2n) is 5.81. The van der Waals surface area contributed by atoms with E-state index < -0.39 is 18.1 Å². The van der Waals surface area contributed by atoms with E-state index in [9.17, 15) is 14.4 Å². The van der Waals surface area contributed by atoms with Gasteiger partial charge in [-0.1, -0.05) is 19.3 Å². The molecule has 110 valence electrons. The number of rotatable bonds is 2. The summed E-state index contributed by atoms with van der Waals surface area (Å²) in [6.07, 6.45) is 4.28. The Balaban J connectivity index is 1.86. The van der Waals surface area contributed by atoms with Crippen LogP contribution in [-0.2, 0) is 23.9 Å². The molecule has 0 aromatic rings. The average molecular weight is 281 g/mol. The van der Waals surface area contributed by atoms with E-state index in [4.69, 9.17) is 9.47 Å². The van der Waals surface area contributed by atoms with Crippen molar-refractivity contribution in [2.45, 2.75) is 57.2 Å². The number of fused-ring (bicyclic) bond motifs is 1. The monoisotopic (exact) mass is 281 g/mol. The van der Waals surface area contributed by atoms with Crippen LogP contribution in [0.3, 0.4) is 0 Å². The van der Waals surface area contributed by atoms with Crippen molar-refractivity contribution in [2.24, 2.45) is 5.92 Å². The Morgan fingerprint density at radius 2 is 1.95 bits per heavy atom. The van der Waals surface area contributed by atoms with Gasteiger partial charge in [0.1, 0.15) is 12.6 Å². The van der Waals surface area contributed by atoms with Gasteiger partial charge in [-0.2, -0.15) is 0 Å². The third-order valence-electron chi connectivity index (χ3n) is 4.51. The predicted molar refractivity (Wildman–Crippen MR) is 67.5 cm³/mol. The third-order valence-corrected chi connectivity index (χ3v) is 4.51. The molecule has 2 heterocycles. The van der Waals surface area contributed by atoms with E-state index in [1.54, 1.807) is 4.90 Å². The molecule has 20 heavy (non-hydrogen) atoms. The molecule has 1 amide bonds. The van der Waals surface area contributed by atoms with Crippen LogP contribution in [0, 0.1) is 5.92 Å². The summed E-state index contributed by atoms with van der Waals surface area (Å²) in [7, 11) is 0. The average Bonchev–Trinajstić information content (AvgIpc) is 2.91. The minimum absolute atomic E-state index is 0.0787. The summed E-state index contributed by atoms with van der Waals surface area (Å²) in [5, 5.41) is 0. The molecule has 0 radical (unpaired) electrons. The Kier molecular flexibility index (Phi) is 3.40. The van der Waals surface area contributed by atoms with Crippen LogP contribution in [0.1, 0.15) is 39.0 Å². The molecule has 2 aliphatic heterocycles. The lowest BCUT2D eigenvalue weighted by Crippen LogP contribution is -2.47. The second kappa shape index (κ2) is 5.07. The fraction of sp³-hybridized carbons (Fsp3) is 0.786. The van der Waals surface area contributed by atoms with E-state index in [1.165, 1.54) is 13.3 Å². The van der Waals surface area contributed by atoms with Crippen LogP contribution in [0.4, 0.5) is 0 Å². The van der Waals surface area contributed by atoms with Gasteiger partial charge in [-0.25, -0.2) is 4.79 Å². The first-order valence-corrected chi connectivity index (χ1v) is 7.25. The molecule has 0 spiro atoms. The topological polar surface area (TPSA) is 72.9 Å². The summed E-state index contributed by atoms with van der Waals surface area (Å²) in [4.78, 5) is 37.3. The maximum atomic E-state index is 12.5. The summed E-state index contributed by atoms with van der Waals surface area (Å²) in [5.74, 6) is -1.42. The van der Waals surface area contributed by atoms with Gasteiger partial charge in [0.25, 0.3) is 5.91 Å². The van der Waals surface area contributed by atoms with E-state index in [2.05, 4.69) is 0 Å². The molecule has 3 unspecified atom stereocenters. The van der Waals surface area contributed by atoms with Crippen LogP contribution in [0.25, 0.3) is 0 Å². The van der Waals surface area contributed by atoms with Gasteiger partial charge < -0.3 is 14.4 Å². The highest BCUT2D eigenvalue weighted by Gasteiger charge is 2.59. The number of carbonyl (C=O) groups is 3. The van der Waals surface area contributed by atoms with Gasteiger partial charge in [0, 0.05) is 13.0 Å². The van der Waals surface area contributed by atoms with E-state index in [0.717, 1.165) is 25.7 Å². The van der Waals surface area contributed by atoms with Crippen molar-refractivity contribution < 1.29 is 23.9 Å². The lowest BCUT2D eigenvalue weighted by molar-refractivity contribution is -0.159. The molecule has 0 bridgehead atoms. The molecule has 6 nitrogen and oxygen atoms in total. The lowest BCUT2D eigenvalue weighted by atomic mass is 9.93. The molecule has 3 atom stereocenters. The number of nitrogens with zero attached hydrogens (tertiary/aromatic N) is 1. The number of hydrogen-bond donors (Lipinski definition) is 0. The third kappa shape index (κ3) is 2.07. The molecule has 1 saturated carbocycles. The van der Waals surface area contributed by atoms with Crippen molar-refractivity contribution >= 4 is 17.8 Å². The van der Waals surface area contributed by atoms with Gasteiger partial charge in [0.15, 0.2) is 6.10 Å². The Labute approximate surface area is 117 Å². The van der Waals surface area contributed by atoms with Gasteiger partial charge in [-0.05, 0) is 12.8 Å². The second-order valence-corrected chi connectivity index (χ2v) is 5.81. The summed E-state index contributed by atoms with van der Waals surface area (Å²) in [6.45, 7) is 1.44. The Morgan fingerprint density at radius 3 is 2.60 bits per heavy atom. The van der Waals surface area contributed by atoms with E-state index in [-0.39, 0.29) is 30.4 Å². The Bertz CT molecular complexity index is 443. The first-order valence-electron chi connectivity index (χ1n) is 7.25. The van der Waals surface area contributed by atoms with Crippen molar-refractivity contribution in [2.75, 3.05) is 6.61 Å².